The first-order valence-corrected chi connectivity index (χ1v) is 11.3. The Kier molecular flexibility index (Phi) is 4.35. The van der Waals surface area contributed by atoms with Gasteiger partial charge in [0.1, 0.15) is 0 Å². The Morgan fingerprint density at radius 2 is 2.07 bits per heavy atom. The summed E-state index contributed by atoms with van der Waals surface area (Å²) in [5.74, 6) is 3.49. The van der Waals surface area contributed by atoms with Crippen LogP contribution in [0.4, 0.5) is 0 Å². The van der Waals surface area contributed by atoms with Crippen LogP contribution in [-0.2, 0) is 11.3 Å². The first-order chi connectivity index (χ1) is 13.4. The van der Waals surface area contributed by atoms with E-state index in [0.29, 0.717) is 24.2 Å². The molecular formula is C24H34N2O2. The molecule has 4 heteroatoms. The van der Waals surface area contributed by atoms with E-state index in [9.17, 15) is 9.90 Å². The average Bonchev–Trinajstić information content (AvgIpc) is 3.27. The summed E-state index contributed by atoms with van der Waals surface area (Å²) in [5, 5.41) is 10.5. The largest absolute Gasteiger partial charge is 0.390 e. The van der Waals surface area contributed by atoms with Crippen molar-refractivity contribution in [2.24, 2.45) is 35.0 Å². The molecule has 7 unspecified atom stereocenters. The number of allylic oxidation sites excluding steroid dienone is 1. The third kappa shape index (κ3) is 2.91. The number of ketones is 1. The lowest BCUT2D eigenvalue weighted by Gasteiger charge is -2.54. The maximum absolute atomic E-state index is 13.1. The number of imidazole rings is 1. The van der Waals surface area contributed by atoms with Crippen LogP contribution in [0.2, 0.25) is 0 Å². The SMILES string of the molecule is CC1(O)CCC2C(=CCC3C2CCC2(C)C(C(=O)Cn4ccnc4)CCC32)C1. The lowest BCUT2D eigenvalue weighted by molar-refractivity contribution is -0.129. The van der Waals surface area contributed by atoms with Gasteiger partial charge in [-0.2, -0.15) is 0 Å². The van der Waals surface area contributed by atoms with Gasteiger partial charge in [-0.3, -0.25) is 4.79 Å². The number of aromatic nitrogens is 2. The van der Waals surface area contributed by atoms with Crippen LogP contribution in [0, 0.1) is 35.0 Å². The van der Waals surface area contributed by atoms with E-state index in [-0.39, 0.29) is 11.3 Å². The van der Waals surface area contributed by atoms with Gasteiger partial charge in [-0.05, 0) is 87.4 Å². The van der Waals surface area contributed by atoms with Crippen molar-refractivity contribution >= 4 is 5.78 Å². The summed E-state index contributed by atoms with van der Waals surface area (Å²) in [7, 11) is 0. The van der Waals surface area contributed by atoms with Gasteiger partial charge in [0, 0.05) is 18.3 Å². The Balaban J connectivity index is 1.35. The Bertz CT molecular complexity index is 781. The molecule has 3 saturated carbocycles. The van der Waals surface area contributed by atoms with E-state index in [4.69, 9.17) is 0 Å². The standard InChI is InChI=1S/C24H34N2O2/c1-23(28)9-7-17-16(13-23)3-4-19-18(17)8-10-24(2)20(19)5-6-21(24)22(27)14-26-12-11-25-15-26/h3,11-12,15,17-21,28H,4-10,13-14H2,1-2H3. The van der Waals surface area contributed by atoms with Crippen molar-refractivity contribution in [1.29, 1.82) is 0 Å². The maximum atomic E-state index is 13.1. The molecule has 4 nitrogen and oxygen atoms in total. The normalized spacial score (nSPS) is 45.0. The van der Waals surface area contributed by atoms with E-state index in [2.05, 4.69) is 18.0 Å². The van der Waals surface area contributed by atoms with Gasteiger partial charge in [-0.1, -0.05) is 18.6 Å². The van der Waals surface area contributed by atoms with E-state index < -0.39 is 5.60 Å². The van der Waals surface area contributed by atoms with Crippen molar-refractivity contribution < 1.29 is 9.90 Å². The lowest BCUT2D eigenvalue weighted by atomic mass is 9.51. The quantitative estimate of drug-likeness (QED) is 0.789. The molecule has 5 rings (SSSR count). The Hall–Kier alpha value is -1.42. The fraction of sp³-hybridized carbons (Fsp3) is 0.750. The number of nitrogens with zero attached hydrogens (tertiary/aromatic N) is 2. The van der Waals surface area contributed by atoms with Crippen molar-refractivity contribution in [1.82, 2.24) is 9.55 Å². The van der Waals surface area contributed by atoms with E-state index in [0.717, 1.165) is 43.9 Å². The minimum Gasteiger partial charge on any atom is -0.390 e. The van der Waals surface area contributed by atoms with Gasteiger partial charge in [0.25, 0.3) is 0 Å². The second-order valence-electron chi connectivity index (χ2n) is 10.6. The Morgan fingerprint density at radius 1 is 1.21 bits per heavy atom. The number of fused-ring (bicyclic) bond motifs is 5. The molecule has 0 aromatic carbocycles. The van der Waals surface area contributed by atoms with Gasteiger partial charge in [0.2, 0.25) is 0 Å². The first-order valence-electron chi connectivity index (χ1n) is 11.3. The topological polar surface area (TPSA) is 55.1 Å². The zero-order chi connectivity index (χ0) is 19.5. The molecule has 3 fully saturated rings. The fourth-order valence-electron chi connectivity index (χ4n) is 7.67. The molecule has 4 aliphatic rings. The summed E-state index contributed by atoms with van der Waals surface area (Å²) in [6, 6.07) is 0. The van der Waals surface area contributed by atoms with Gasteiger partial charge in [-0.15, -0.1) is 0 Å². The van der Waals surface area contributed by atoms with Crippen LogP contribution < -0.4 is 0 Å². The smallest absolute Gasteiger partial charge is 0.156 e. The molecule has 152 valence electrons. The van der Waals surface area contributed by atoms with Crippen molar-refractivity contribution in [3.8, 4) is 0 Å². The molecule has 1 heterocycles. The molecule has 1 N–H and O–H groups in total. The van der Waals surface area contributed by atoms with Crippen molar-refractivity contribution in [2.45, 2.75) is 77.4 Å². The average molecular weight is 383 g/mol. The van der Waals surface area contributed by atoms with E-state index >= 15 is 0 Å². The van der Waals surface area contributed by atoms with Gasteiger partial charge in [-0.25, -0.2) is 4.98 Å². The highest BCUT2D eigenvalue weighted by molar-refractivity contribution is 5.82. The Morgan fingerprint density at radius 3 is 2.86 bits per heavy atom. The zero-order valence-electron chi connectivity index (χ0n) is 17.3. The van der Waals surface area contributed by atoms with Crippen LogP contribution in [-0.4, -0.2) is 26.0 Å². The number of hydrogen-bond acceptors (Lipinski definition) is 3. The van der Waals surface area contributed by atoms with Crippen LogP contribution in [0.1, 0.15) is 65.2 Å². The van der Waals surface area contributed by atoms with E-state index in [1.54, 1.807) is 12.5 Å². The third-order valence-electron chi connectivity index (χ3n) is 9.00. The van der Waals surface area contributed by atoms with Gasteiger partial charge >= 0.3 is 0 Å². The van der Waals surface area contributed by atoms with Crippen LogP contribution in [0.3, 0.4) is 0 Å². The highest BCUT2D eigenvalue weighted by atomic mass is 16.3. The predicted molar refractivity (Wildman–Crippen MR) is 108 cm³/mol. The molecule has 0 bridgehead atoms. The number of carbonyl (C=O) groups is 1. The molecule has 28 heavy (non-hydrogen) atoms. The summed E-state index contributed by atoms with van der Waals surface area (Å²) in [4.78, 5) is 17.2. The lowest BCUT2D eigenvalue weighted by Crippen LogP contribution is -2.48. The fourth-order valence-corrected chi connectivity index (χ4v) is 7.67. The Labute approximate surface area is 168 Å². The summed E-state index contributed by atoms with van der Waals surface area (Å²) in [5.41, 5.74) is 1.20. The molecule has 0 aliphatic heterocycles. The van der Waals surface area contributed by atoms with Crippen molar-refractivity contribution in [3.63, 3.8) is 0 Å². The monoisotopic (exact) mass is 382 g/mol. The van der Waals surface area contributed by atoms with Crippen molar-refractivity contribution in [2.75, 3.05) is 0 Å². The molecule has 0 amide bonds. The third-order valence-corrected chi connectivity index (χ3v) is 9.00. The van der Waals surface area contributed by atoms with Crippen LogP contribution in [0.25, 0.3) is 0 Å². The predicted octanol–water partition coefficient (Wildman–Crippen LogP) is 4.39. The van der Waals surface area contributed by atoms with Crippen LogP contribution >= 0.6 is 0 Å². The molecule has 7 atom stereocenters. The van der Waals surface area contributed by atoms with Gasteiger partial charge in [0.05, 0.1) is 18.5 Å². The highest BCUT2D eigenvalue weighted by Gasteiger charge is 2.57. The molecule has 4 aliphatic carbocycles. The number of aliphatic hydroxyl groups is 1. The number of rotatable bonds is 3. The first kappa shape index (κ1) is 18.6. The molecule has 0 saturated heterocycles. The molecular weight excluding hydrogens is 348 g/mol. The number of hydrogen-bond donors (Lipinski definition) is 1. The minimum atomic E-state index is -0.503. The van der Waals surface area contributed by atoms with Crippen LogP contribution in [0.5, 0.6) is 0 Å². The maximum Gasteiger partial charge on any atom is 0.156 e. The zero-order valence-corrected chi connectivity index (χ0v) is 17.3. The van der Waals surface area contributed by atoms with Crippen LogP contribution in [0.15, 0.2) is 30.4 Å². The molecule has 0 spiro atoms. The summed E-state index contributed by atoms with van der Waals surface area (Å²) >= 11 is 0. The van der Waals surface area contributed by atoms with Gasteiger partial charge in [0.15, 0.2) is 5.78 Å². The minimum absolute atomic E-state index is 0.171. The summed E-state index contributed by atoms with van der Waals surface area (Å²) in [6.07, 6.45) is 16.7. The second-order valence-corrected chi connectivity index (χ2v) is 10.6. The summed E-state index contributed by atoms with van der Waals surface area (Å²) < 4.78 is 1.92. The van der Waals surface area contributed by atoms with Gasteiger partial charge < -0.3 is 9.67 Å². The molecule has 1 aromatic heterocycles. The molecule has 1 aromatic rings. The van der Waals surface area contributed by atoms with E-state index in [1.807, 2.05) is 17.7 Å². The summed E-state index contributed by atoms with van der Waals surface area (Å²) in [6.45, 7) is 4.90. The highest BCUT2D eigenvalue weighted by Crippen LogP contribution is 2.63. The number of Topliss-reactive ketones (excluding diaryl/α,β-unsaturated/α-hetero) is 1. The molecule has 0 radical (unpaired) electrons. The number of carbonyl (C=O) groups excluding carboxylic acids is 1. The van der Waals surface area contributed by atoms with Crippen molar-refractivity contribution in [3.05, 3.63) is 30.4 Å². The second kappa shape index (κ2) is 6.55. The van der Waals surface area contributed by atoms with E-state index in [1.165, 1.54) is 24.8 Å².